The maximum Gasteiger partial charge on any atom is 0.410 e. The molecule has 0 radical (unpaired) electrons. The number of anilines is 1. The Morgan fingerprint density at radius 3 is 2.45 bits per heavy atom. The summed E-state index contributed by atoms with van der Waals surface area (Å²) in [5.41, 5.74) is 2.39. The summed E-state index contributed by atoms with van der Waals surface area (Å²) in [7, 11) is -3.59. The van der Waals surface area contributed by atoms with E-state index in [-0.39, 0.29) is 18.0 Å². The largest absolute Gasteiger partial charge is 0.490 e. The van der Waals surface area contributed by atoms with E-state index in [1.165, 1.54) is 4.31 Å². The van der Waals surface area contributed by atoms with Crippen molar-refractivity contribution in [1.29, 1.82) is 5.26 Å². The van der Waals surface area contributed by atoms with Gasteiger partial charge in [0, 0.05) is 37.9 Å². The van der Waals surface area contributed by atoms with Crippen LogP contribution in [0.15, 0.2) is 54.6 Å². The molecule has 2 aliphatic rings. The van der Waals surface area contributed by atoms with Crippen molar-refractivity contribution in [1.82, 2.24) is 4.90 Å². The molecule has 0 saturated carbocycles. The highest BCUT2D eigenvalue weighted by atomic mass is 32.2. The molecule has 2 aliphatic heterocycles. The van der Waals surface area contributed by atoms with Gasteiger partial charge in [0.25, 0.3) is 0 Å². The number of piperidine rings is 1. The molecule has 0 spiro atoms. The molecule has 0 bridgehead atoms. The van der Waals surface area contributed by atoms with Gasteiger partial charge in [0.2, 0.25) is 10.0 Å². The molecule has 1 saturated heterocycles. The number of benzene rings is 3. The molecule has 40 heavy (non-hydrogen) atoms. The molecule has 210 valence electrons. The quantitative estimate of drug-likeness (QED) is 0.382. The monoisotopic (exact) mass is 561 g/mol. The molecule has 0 N–H and O–H groups in total. The van der Waals surface area contributed by atoms with Crippen LogP contribution in [0.25, 0.3) is 10.8 Å². The minimum Gasteiger partial charge on any atom is -0.490 e. The van der Waals surface area contributed by atoms with Gasteiger partial charge in [-0.3, -0.25) is 4.31 Å². The predicted octanol–water partition coefficient (Wildman–Crippen LogP) is 5.94. The molecule has 5 rings (SSSR count). The maximum atomic E-state index is 13.4. The normalized spacial score (nSPS) is 17.9. The average molecular weight is 562 g/mol. The van der Waals surface area contributed by atoms with Crippen LogP contribution in [0.2, 0.25) is 0 Å². The minimum absolute atomic E-state index is 0.0245. The molecular formula is C31H35N3O5S. The Labute approximate surface area is 236 Å². The number of carbonyl (C=O) groups excluding carboxylic acids is 1. The van der Waals surface area contributed by atoms with Gasteiger partial charge in [-0.05, 0) is 74.4 Å². The number of nitrogens with zero attached hydrogens (tertiary/aromatic N) is 3. The van der Waals surface area contributed by atoms with Gasteiger partial charge in [-0.15, -0.1) is 0 Å². The standard InChI is InChI=1S/C31H35N3O5S/c1-5-40(36,37)34-27-7-6-8-29(38-25-13-15-33(16-14-25)30(35)39-31(2,3)4)26(27)19-28(34)23-12-11-22-10-9-21(20-32)17-24(22)18-23/h6-12,17-18,25,28H,5,13-16,19H2,1-4H3. The van der Waals surface area contributed by atoms with Gasteiger partial charge >= 0.3 is 6.09 Å². The molecule has 1 unspecified atom stereocenters. The van der Waals surface area contributed by atoms with Crippen LogP contribution in [0.3, 0.4) is 0 Å². The van der Waals surface area contributed by atoms with Gasteiger partial charge in [-0.2, -0.15) is 5.26 Å². The third-order valence-corrected chi connectivity index (χ3v) is 9.24. The van der Waals surface area contributed by atoms with Gasteiger partial charge in [-0.1, -0.05) is 24.3 Å². The van der Waals surface area contributed by atoms with Gasteiger partial charge in [0.05, 0.1) is 29.1 Å². The van der Waals surface area contributed by atoms with Gasteiger partial charge in [0.15, 0.2) is 0 Å². The first-order chi connectivity index (χ1) is 19.0. The van der Waals surface area contributed by atoms with Crippen molar-refractivity contribution >= 4 is 32.6 Å². The smallest absolute Gasteiger partial charge is 0.410 e. The highest BCUT2D eigenvalue weighted by Gasteiger charge is 2.40. The zero-order valence-corrected chi connectivity index (χ0v) is 24.2. The second kappa shape index (κ2) is 10.7. The topological polar surface area (TPSA) is 99.9 Å². The van der Waals surface area contributed by atoms with E-state index in [1.54, 1.807) is 17.9 Å². The van der Waals surface area contributed by atoms with Crippen LogP contribution < -0.4 is 9.04 Å². The Hall–Kier alpha value is -3.77. The van der Waals surface area contributed by atoms with E-state index >= 15 is 0 Å². The number of sulfonamides is 1. The maximum absolute atomic E-state index is 13.4. The van der Waals surface area contributed by atoms with Crippen molar-refractivity contribution in [2.75, 3.05) is 23.1 Å². The third-order valence-electron chi connectivity index (χ3n) is 7.46. The molecule has 8 nitrogen and oxygen atoms in total. The van der Waals surface area contributed by atoms with E-state index in [4.69, 9.17) is 9.47 Å². The molecular weight excluding hydrogens is 526 g/mol. The second-order valence-corrected chi connectivity index (χ2v) is 13.5. The zero-order valence-electron chi connectivity index (χ0n) is 23.4. The number of amides is 1. The number of hydrogen-bond acceptors (Lipinski definition) is 6. The predicted molar refractivity (Wildman–Crippen MR) is 155 cm³/mol. The molecule has 1 fully saturated rings. The number of hydrogen-bond donors (Lipinski definition) is 0. The van der Waals surface area contributed by atoms with Crippen LogP contribution in [0.5, 0.6) is 5.75 Å². The highest BCUT2D eigenvalue weighted by molar-refractivity contribution is 7.92. The molecule has 9 heteroatoms. The molecule has 0 aromatic heterocycles. The van der Waals surface area contributed by atoms with Crippen LogP contribution in [-0.2, 0) is 21.2 Å². The van der Waals surface area contributed by atoms with Gasteiger partial charge in [0.1, 0.15) is 17.5 Å². The Morgan fingerprint density at radius 1 is 1.05 bits per heavy atom. The summed E-state index contributed by atoms with van der Waals surface area (Å²) in [4.78, 5) is 14.2. The minimum atomic E-state index is -3.59. The number of ether oxygens (including phenoxy) is 2. The van der Waals surface area contributed by atoms with E-state index < -0.39 is 21.7 Å². The van der Waals surface area contributed by atoms with Crippen molar-refractivity contribution in [3.8, 4) is 11.8 Å². The number of rotatable bonds is 5. The Kier molecular flexibility index (Phi) is 7.40. The number of fused-ring (bicyclic) bond motifs is 2. The first-order valence-corrected chi connectivity index (χ1v) is 15.3. The van der Waals surface area contributed by atoms with E-state index in [0.717, 1.165) is 21.9 Å². The summed E-state index contributed by atoms with van der Waals surface area (Å²) >= 11 is 0. The van der Waals surface area contributed by atoms with Crippen molar-refractivity contribution in [2.45, 2.75) is 64.7 Å². The highest BCUT2D eigenvalue weighted by Crippen LogP contribution is 2.47. The molecule has 0 aliphatic carbocycles. The van der Waals surface area contributed by atoms with E-state index in [0.29, 0.717) is 49.4 Å². The van der Waals surface area contributed by atoms with Crippen molar-refractivity contribution < 1.29 is 22.7 Å². The third kappa shape index (κ3) is 5.59. The summed E-state index contributed by atoms with van der Waals surface area (Å²) in [5, 5.41) is 11.2. The molecule has 2 heterocycles. The van der Waals surface area contributed by atoms with E-state index in [9.17, 15) is 18.5 Å². The lowest BCUT2D eigenvalue weighted by Gasteiger charge is -2.33. The lowest BCUT2D eigenvalue weighted by Crippen LogP contribution is -2.44. The first kappa shape index (κ1) is 27.8. The lowest BCUT2D eigenvalue weighted by atomic mass is 9.98. The van der Waals surface area contributed by atoms with Crippen LogP contribution in [0.1, 0.15) is 63.3 Å². The van der Waals surface area contributed by atoms with Crippen LogP contribution in [0.4, 0.5) is 10.5 Å². The summed E-state index contributed by atoms with van der Waals surface area (Å²) in [6.45, 7) is 8.29. The summed E-state index contributed by atoms with van der Waals surface area (Å²) < 4.78 is 40.3. The summed E-state index contributed by atoms with van der Waals surface area (Å²) in [5.74, 6) is 0.656. The number of carbonyl (C=O) groups is 1. The fourth-order valence-electron chi connectivity index (χ4n) is 5.46. The Balaban J connectivity index is 1.41. The number of likely N-dealkylation sites (tertiary alicyclic amines) is 1. The SMILES string of the molecule is CCS(=O)(=O)N1c2cccc(OC3CCN(C(=O)OC(C)(C)C)CC3)c2CC1c1ccc2ccc(C#N)cc2c1. The van der Waals surface area contributed by atoms with Crippen LogP contribution >= 0.6 is 0 Å². The van der Waals surface area contributed by atoms with E-state index in [2.05, 4.69) is 6.07 Å². The molecule has 3 aromatic rings. The molecule has 1 atom stereocenters. The van der Waals surface area contributed by atoms with Gasteiger partial charge < -0.3 is 14.4 Å². The van der Waals surface area contributed by atoms with Crippen LogP contribution in [0, 0.1) is 11.3 Å². The van der Waals surface area contributed by atoms with E-state index in [1.807, 2.05) is 69.3 Å². The fraction of sp³-hybridized carbons (Fsp3) is 0.419. The average Bonchev–Trinajstić information content (AvgIpc) is 3.33. The lowest BCUT2D eigenvalue weighted by molar-refractivity contribution is 0.0126. The zero-order chi connectivity index (χ0) is 28.7. The van der Waals surface area contributed by atoms with Crippen molar-refractivity contribution in [2.24, 2.45) is 0 Å². The van der Waals surface area contributed by atoms with Crippen LogP contribution in [-0.4, -0.2) is 50.0 Å². The summed E-state index contributed by atoms with van der Waals surface area (Å²) in [6.07, 6.45) is 1.40. The van der Waals surface area contributed by atoms with Crippen molar-refractivity contribution in [3.05, 3.63) is 71.3 Å². The van der Waals surface area contributed by atoms with Gasteiger partial charge in [-0.25, -0.2) is 13.2 Å². The van der Waals surface area contributed by atoms with Crippen molar-refractivity contribution in [3.63, 3.8) is 0 Å². The summed E-state index contributed by atoms with van der Waals surface area (Å²) in [6, 6.07) is 18.8. The first-order valence-electron chi connectivity index (χ1n) is 13.7. The fourth-order valence-corrected chi connectivity index (χ4v) is 6.79. The second-order valence-electron chi connectivity index (χ2n) is 11.4. The number of nitriles is 1. The Bertz CT molecular complexity index is 1580. The Morgan fingerprint density at radius 2 is 1.77 bits per heavy atom. The molecule has 3 aromatic carbocycles. The molecule has 1 amide bonds.